The summed E-state index contributed by atoms with van der Waals surface area (Å²) in [5.41, 5.74) is -2.58. The first-order valence-electron chi connectivity index (χ1n) is 6.55. The summed E-state index contributed by atoms with van der Waals surface area (Å²) in [4.78, 5) is 21.9. The molecule has 0 heterocycles. The second-order valence-corrected chi connectivity index (χ2v) is 6.42. The highest BCUT2D eigenvalue weighted by molar-refractivity contribution is 7.90. The third-order valence-electron chi connectivity index (χ3n) is 3.39. The number of nitrogens with one attached hydrogen (secondary N) is 1. The molecule has 0 saturated heterocycles. The number of sulfonamides is 1. The van der Waals surface area contributed by atoms with Gasteiger partial charge in [0.15, 0.2) is 5.67 Å². The smallest absolute Gasteiger partial charge is 0.420 e. The van der Waals surface area contributed by atoms with Gasteiger partial charge in [0.2, 0.25) is 0 Å². The summed E-state index contributed by atoms with van der Waals surface area (Å²) >= 11 is 0. The summed E-state index contributed by atoms with van der Waals surface area (Å²) in [6.07, 6.45) is 4.54. The van der Waals surface area contributed by atoms with E-state index in [-0.39, 0.29) is 5.56 Å². The van der Waals surface area contributed by atoms with Crippen LogP contribution in [0.2, 0.25) is 0 Å². The minimum atomic E-state index is -4.36. The SMILES string of the molecule is COC(=O)NS(=O)(=O)c1ccccc1C1(F)C=CC=CC1C=O. The molecule has 122 valence electrons. The van der Waals surface area contributed by atoms with E-state index in [1.54, 1.807) is 4.72 Å². The number of rotatable bonds is 4. The Labute approximate surface area is 132 Å². The molecule has 1 aromatic rings. The van der Waals surface area contributed by atoms with E-state index in [1.165, 1.54) is 36.4 Å². The van der Waals surface area contributed by atoms with Crippen molar-refractivity contribution in [3.8, 4) is 0 Å². The highest BCUT2D eigenvalue weighted by Crippen LogP contribution is 2.40. The molecule has 6 nitrogen and oxygen atoms in total. The summed E-state index contributed by atoms with van der Waals surface area (Å²) < 4.78 is 45.9. The predicted molar refractivity (Wildman–Crippen MR) is 79.8 cm³/mol. The second-order valence-electron chi connectivity index (χ2n) is 4.77. The van der Waals surface area contributed by atoms with Crippen LogP contribution in [0.5, 0.6) is 0 Å². The summed E-state index contributed by atoms with van der Waals surface area (Å²) in [7, 11) is -3.36. The average Bonchev–Trinajstić information content (AvgIpc) is 2.54. The Hall–Kier alpha value is -2.48. The fourth-order valence-electron chi connectivity index (χ4n) is 2.27. The van der Waals surface area contributed by atoms with Crippen molar-refractivity contribution < 1.29 is 27.1 Å². The third kappa shape index (κ3) is 3.16. The van der Waals surface area contributed by atoms with Crippen LogP contribution in [0.25, 0.3) is 0 Å². The molecule has 2 rings (SSSR count). The molecule has 0 saturated carbocycles. The zero-order valence-corrected chi connectivity index (χ0v) is 12.9. The first-order valence-corrected chi connectivity index (χ1v) is 8.04. The fraction of sp³-hybridized carbons (Fsp3) is 0.200. The number of allylic oxidation sites excluding steroid dienone is 4. The lowest BCUT2D eigenvalue weighted by atomic mass is 9.81. The lowest BCUT2D eigenvalue weighted by Gasteiger charge is -2.29. The van der Waals surface area contributed by atoms with Gasteiger partial charge in [-0.25, -0.2) is 22.3 Å². The van der Waals surface area contributed by atoms with Gasteiger partial charge in [-0.05, 0) is 12.1 Å². The third-order valence-corrected chi connectivity index (χ3v) is 4.76. The number of amides is 1. The second kappa shape index (κ2) is 6.33. The maximum absolute atomic E-state index is 15.4. The minimum Gasteiger partial charge on any atom is -0.452 e. The van der Waals surface area contributed by atoms with Crippen molar-refractivity contribution in [1.82, 2.24) is 4.72 Å². The normalized spacial score (nSPS) is 23.3. The van der Waals surface area contributed by atoms with Crippen LogP contribution in [0.1, 0.15) is 5.56 Å². The topological polar surface area (TPSA) is 89.5 Å². The molecular formula is C15H14FNO5S. The van der Waals surface area contributed by atoms with E-state index in [0.717, 1.165) is 19.3 Å². The first-order chi connectivity index (χ1) is 10.8. The Balaban J connectivity index is 2.58. The van der Waals surface area contributed by atoms with E-state index in [2.05, 4.69) is 4.74 Å². The van der Waals surface area contributed by atoms with Crippen LogP contribution < -0.4 is 4.72 Å². The number of benzene rings is 1. The van der Waals surface area contributed by atoms with Crippen molar-refractivity contribution in [3.05, 3.63) is 54.1 Å². The molecule has 0 spiro atoms. The average molecular weight is 339 g/mol. The molecule has 8 heteroatoms. The Morgan fingerprint density at radius 1 is 1.35 bits per heavy atom. The summed E-state index contributed by atoms with van der Waals surface area (Å²) in [5.74, 6) is -1.18. The van der Waals surface area contributed by atoms with E-state index in [1.807, 2.05) is 0 Å². The van der Waals surface area contributed by atoms with E-state index < -0.39 is 32.6 Å². The number of aldehydes is 1. The van der Waals surface area contributed by atoms with Crippen LogP contribution >= 0.6 is 0 Å². The van der Waals surface area contributed by atoms with Gasteiger partial charge in [-0.1, -0.05) is 36.4 Å². The molecule has 1 aliphatic rings. The van der Waals surface area contributed by atoms with Gasteiger partial charge in [-0.2, -0.15) is 0 Å². The number of halogens is 1. The Morgan fingerprint density at radius 3 is 2.70 bits per heavy atom. The van der Waals surface area contributed by atoms with E-state index in [4.69, 9.17) is 0 Å². The van der Waals surface area contributed by atoms with Crippen molar-refractivity contribution in [2.75, 3.05) is 7.11 Å². The molecule has 23 heavy (non-hydrogen) atoms. The molecule has 1 N–H and O–H groups in total. The molecule has 0 radical (unpaired) electrons. The van der Waals surface area contributed by atoms with Gasteiger partial charge in [-0.3, -0.25) is 0 Å². The first kappa shape index (κ1) is 16.9. The lowest BCUT2D eigenvalue weighted by molar-refractivity contribution is -0.113. The van der Waals surface area contributed by atoms with Crippen molar-refractivity contribution in [3.63, 3.8) is 0 Å². The number of alkyl halides is 1. The van der Waals surface area contributed by atoms with Gasteiger partial charge < -0.3 is 9.53 Å². The highest BCUT2D eigenvalue weighted by atomic mass is 32.2. The molecule has 1 amide bonds. The van der Waals surface area contributed by atoms with Gasteiger partial charge in [0.1, 0.15) is 6.29 Å². The molecule has 0 bridgehead atoms. The standard InChI is InChI=1S/C15H14FNO5S/c1-22-14(19)17-23(20,21)13-8-3-2-7-12(13)15(16)9-5-4-6-11(15)10-18/h2-11H,1H3,(H,17,19). The Morgan fingerprint density at radius 2 is 2.04 bits per heavy atom. The number of carbonyl (C=O) groups excluding carboxylic acids is 2. The predicted octanol–water partition coefficient (Wildman–Crippen LogP) is 1.84. The van der Waals surface area contributed by atoms with E-state index in [0.29, 0.717) is 6.29 Å². The maximum Gasteiger partial charge on any atom is 0.420 e. The zero-order valence-electron chi connectivity index (χ0n) is 12.1. The monoisotopic (exact) mass is 339 g/mol. The lowest BCUT2D eigenvalue weighted by Crippen LogP contribution is -2.35. The molecule has 0 fully saturated rings. The minimum absolute atomic E-state index is 0.242. The maximum atomic E-state index is 15.4. The molecule has 1 aromatic carbocycles. The highest BCUT2D eigenvalue weighted by Gasteiger charge is 2.42. The molecule has 0 aromatic heterocycles. The molecular weight excluding hydrogens is 325 g/mol. The fourth-order valence-corrected chi connectivity index (χ4v) is 3.45. The Kier molecular flexibility index (Phi) is 4.65. The van der Waals surface area contributed by atoms with Crippen LogP contribution in [0.4, 0.5) is 9.18 Å². The molecule has 2 unspecified atom stereocenters. The van der Waals surface area contributed by atoms with Crippen LogP contribution in [-0.2, 0) is 25.2 Å². The van der Waals surface area contributed by atoms with Gasteiger partial charge in [0, 0.05) is 5.56 Å². The summed E-state index contributed by atoms with van der Waals surface area (Å²) in [6.45, 7) is 0. The number of hydrogen-bond acceptors (Lipinski definition) is 5. The van der Waals surface area contributed by atoms with Crippen molar-refractivity contribution >= 4 is 22.4 Å². The van der Waals surface area contributed by atoms with Crippen LogP contribution in [0.3, 0.4) is 0 Å². The molecule has 0 aliphatic heterocycles. The number of hydrogen-bond donors (Lipinski definition) is 1. The number of ether oxygens (including phenoxy) is 1. The van der Waals surface area contributed by atoms with Gasteiger partial charge >= 0.3 is 6.09 Å². The Bertz CT molecular complexity index is 787. The van der Waals surface area contributed by atoms with E-state index >= 15 is 4.39 Å². The van der Waals surface area contributed by atoms with Crippen molar-refractivity contribution in [2.24, 2.45) is 5.92 Å². The number of methoxy groups -OCH3 is 1. The van der Waals surface area contributed by atoms with Crippen molar-refractivity contribution in [1.29, 1.82) is 0 Å². The molecule has 1 aliphatic carbocycles. The quantitative estimate of drug-likeness (QED) is 0.846. The number of carbonyl (C=O) groups is 2. The van der Waals surface area contributed by atoms with E-state index in [9.17, 15) is 18.0 Å². The van der Waals surface area contributed by atoms with Gasteiger partial charge in [0.05, 0.1) is 17.9 Å². The molecule has 2 atom stereocenters. The largest absolute Gasteiger partial charge is 0.452 e. The van der Waals surface area contributed by atoms with Crippen LogP contribution in [-0.4, -0.2) is 27.9 Å². The summed E-state index contributed by atoms with van der Waals surface area (Å²) in [6, 6.07) is 5.24. The van der Waals surface area contributed by atoms with Crippen LogP contribution in [0.15, 0.2) is 53.5 Å². The van der Waals surface area contributed by atoms with Crippen molar-refractivity contribution in [2.45, 2.75) is 10.6 Å². The van der Waals surface area contributed by atoms with Gasteiger partial charge in [-0.15, -0.1) is 0 Å². The van der Waals surface area contributed by atoms with Crippen LogP contribution in [0, 0.1) is 5.92 Å². The van der Waals surface area contributed by atoms with Gasteiger partial charge in [0.25, 0.3) is 10.0 Å². The summed E-state index contributed by atoms with van der Waals surface area (Å²) in [5, 5.41) is 0. The zero-order chi connectivity index (χ0) is 17.1.